The van der Waals surface area contributed by atoms with Crippen molar-refractivity contribution in [3.8, 4) is 11.5 Å². The predicted octanol–water partition coefficient (Wildman–Crippen LogP) is 3.85. The Balaban J connectivity index is 1.44. The van der Waals surface area contributed by atoms with Gasteiger partial charge < -0.3 is 24.6 Å². The lowest BCUT2D eigenvalue weighted by Gasteiger charge is -2.36. The molecule has 1 fully saturated rings. The molecule has 0 aliphatic carbocycles. The van der Waals surface area contributed by atoms with Crippen LogP contribution in [-0.4, -0.2) is 58.7 Å². The summed E-state index contributed by atoms with van der Waals surface area (Å²) in [6.45, 7) is 8.15. The smallest absolute Gasteiger partial charge is 0.255 e. The van der Waals surface area contributed by atoms with E-state index in [0.717, 1.165) is 25.2 Å². The maximum absolute atomic E-state index is 13.7. The predicted molar refractivity (Wildman–Crippen MR) is 146 cm³/mol. The van der Waals surface area contributed by atoms with E-state index in [-0.39, 0.29) is 17.6 Å². The van der Waals surface area contributed by atoms with E-state index in [4.69, 9.17) is 9.47 Å². The number of benzene rings is 3. The molecular formula is C28H32N4O5S. The number of nitrogens with one attached hydrogen (secondary N) is 2. The van der Waals surface area contributed by atoms with Gasteiger partial charge in [0.1, 0.15) is 4.90 Å². The molecule has 0 unspecified atom stereocenters. The number of hydrogen-bond donors (Lipinski definition) is 2. The molecule has 3 aromatic carbocycles. The second-order valence-electron chi connectivity index (χ2n) is 9.38. The minimum absolute atomic E-state index is 0.115. The molecule has 200 valence electrons. The van der Waals surface area contributed by atoms with Gasteiger partial charge >= 0.3 is 0 Å². The molecule has 1 atom stereocenters. The lowest BCUT2D eigenvalue weighted by Crippen LogP contribution is -2.46. The van der Waals surface area contributed by atoms with Crippen molar-refractivity contribution in [2.75, 3.05) is 49.7 Å². The summed E-state index contributed by atoms with van der Waals surface area (Å²) in [5, 5.41) is 2.84. The maximum atomic E-state index is 13.7. The number of rotatable bonds is 8. The third-order valence-corrected chi connectivity index (χ3v) is 8.50. The van der Waals surface area contributed by atoms with Gasteiger partial charge in [0.25, 0.3) is 5.91 Å². The topological polar surface area (TPSA) is 100 Å². The van der Waals surface area contributed by atoms with Crippen molar-refractivity contribution in [2.24, 2.45) is 0 Å². The van der Waals surface area contributed by atoms with E-state index in [1.54, 1.807) is 30.3 Å². The number of carbonyl (C=O) groups excluding carboxylic acids is 1. The number of fused-ring (bicyclic) bond motifs is 1. The maximum Gasteiger partial charge on any atom is 0.255 e. The van der Waals surface area contributed by atoms with Gasteiger partial charge in [-0.1, -0.05) is 37.3 Å². The third-order valence-electron chi connectivity index (χ3n) is 6.93. The SMILES string of the molecule is CCN1CCN(c2ccc(NC(=O)c3ccc4c(c3)OCO4)cc2S(=O)(=O)N[C@H](C)c2ccccc2)CC1. The molecule has 2 N–H and O–H groups in total. The van der Waals surface area contributed by atoms with Gasteiger partial charge in [-0.15, -0.1) is 0 Å². The van der Waals surface area contributed by atoms with Crippen LogP contribution in [0.15, 0.2) is 71.6 Å². The summed E-state index contributed by atoms with van der Waals surface area (Å²) in [5.74, 6) is 0.712. The van der Waals surface area contributed by atoms with Gasteiger partial charge in [0, 0.05) is 43.5 Å². The van der Waals surface area contributed by atoms with E-state index in [0.29, 0.717) is 41.5 Å². The Morgan fingerprint density at radius 1 is 0.947 bits per heavy atom. The molecule has 1 saturated heterocycles. The van der Waals surface area contributed by atoms with Crippen LogP contribution in [0.25, 0.3) is 0 Å². The van der Waals surface area contributed by atoms with Gasteiger partial charge in [-0.25, -0.2) is 13.1 Å². The summed E-state index contributed by atoms with van der Waals surface area (Å²) >= 11 is 0. The van der Waals surface area contributed by atoms with Gasteiger partial charge in [-0.3, -0.25) is 4.79 Å². The summed E-state index contributed by atoms with van der Waals surface area (Å²) in [6.07, 6.45) is 0. The Bertz CT molecular complexity index is 1410. The molecule has 2 aliphatic rings. The van der Waals surface area contributed by atoms with Gasteiger partial charge in [-0.05, 0) is 55.4 Å². The average Bonchev–Trinajstić information content (AvgIpc) is 3.41. The zero-order chi connectivity index (χ0) is 26.7. The Kier molecular flexibility index (Phi) is 7.55. The second kappa shape index (κ2) is 11.0. The molecule has 1 amide bonds. The van der Waals surface area contributed by atoms with Crippen molar-refractivity contribution in [1.29, 1.82) is 0 Å². The monoisotopic (exact) mass is 536 g/mol. The zero-order valence-corrected chi connectivity index (χ0v) is 22.3. The van der Waals surface area contributed by atoms with Crippen molar-refractivity contribution < 1.29 is 22.7 Å². The van der Waals surface area contributed by atoms with Crippen molar-refractivity contribution in [1.82, 2.24) is 9.62 Å². The van der Waals surface area contributed by atoms with Crippen LogP contribution < -0.4 is 24.4 Å². The van der Waals surface area contributed by atoms with Crippen LogP contribution in [0, 0.1) is 0 Å². The van der Waals surface area contributed by atoms with Crippen LogP contribution in [0.2, 0.25) is 0 Å². The molecule has 9 nitrogen and oxygen atoms in total. The minimum Gasteiger partial charge on any atom is -0.454 e. The van der Waals surface area contributed by atoms with E-state index < -0.39 is 16.1 Å². The molecule has 38 heavy (non-hydrogen) atoms. The van der Waals surface area contributed by atoms with Crippen LogP contribution in [0.3, 0.4) is 0 Å². The van der Waals surface area contributed by atoms with Crippen LogP contribution in [-0.2, 0) is 10.0 Å². The zero-order valence-electron chi connectivity index (χ0n) is 21.5. The summed E-state index contributed by atoms with van der Waals surface area (Å²) in [4.78, 5) is 17.6. The minimum atomic E-state index is -3.93. The molecule has 0 spiro atoms. The number of nitrogens with zero attached hydrogens (tertiary/aromatic N) is 2. The number of hydrogen-bond acceptors (Lipinski definition) is 7. The number of ether oxygens (including phenoxy) is 2. The molecule has 0 bridgehead atoms. The van der Waals surface area contributed by atoms with Crippen molar-refractivity contribution in [2.45, 2.75) is 24.8 Å². The second-order valence-corrected chi connectivity index (χ2v) is 11.1. The number of sulfonamides is 1. The Labute approximate surface area is 223 Å². The highest BCUT2D eigenvalue weighted by molar-refractivity contribution is 7.89. The first-order chi connectivity index (χ1) is 18.3. The molecule has 2 aliphatic heterocycles. The van der Waals surface area contributed by atoms with Crippen molar-refractivity contribution in [3.05, 3.63) is 77.9 Å². The van der Waals surface area contributed by atoms with Crippen molar-refractivity contribution >= 4 is 27.3 Å². The molecular weight excluding hydrogens is 504 g/mol. The van der Waals surface area contributed by atoms with E-state index in [9.17, 15) is 13.2 Å². The summed E-state index contributed by atoms with van der Waals surface area (Å²) in [5.41, 5.74) is 2.25. The molecule has 3 aromatic rings. The molecule has 10 heteroatoms. The number of piperazine rings is 1. The molecule has 0 aromatic heterocycles. The highest BCUT2D eigenvalue weighted by Gasteiger charge is 2.27. The van der Waals surface area contributed by atoms with Gasteiger partial charge in [-0.2, -0.15) is 0 Å². The first-order valence-electron chi connectivity index (χ1n) is 12.7. The summed E-state index contributed by atoms with van der Waals surface area (Å²) < 4.78 is 41.0. The van der Waals surface area contributed by atoms with Gasteiger partial charge in [0.2, 0.25) is 16.8 Å². The molecule has 0 radical (unpaired) electrons. The summed E-state index contributed by atoms with van der Waals surface area (Å²) in [6, 6.07) is 19.0. The van der Waals surface area contributed by atoms with Crippen LogP contribution >= 0.6 is 0 Å². The number of anilines is 2. The fourth-order valence-corrected chi connectivity index (χ4v) is 6.20. The first kappa shape index (κ1) is 26.0. The summed E-state index contributed by atoms with van der Waals surface area (Å²) in [7, 11) is -3.93. The Morgan fingerprint density at radius 2 is 1.68 bits per heavy atom. The van der Waals surface area contributed by atoms with E-state index in [2.05, 4.69) is 26.8 Å². The standard InChI is InChI=1S/C28H32N4O5S/c1-3-31-13-15-32(16-14-31)24-11-10-23(29-28(33)22-9-12-25-26(17-22)37-19-36-25)18-27(24)38(34,35)30-20(2)21-7-5-4-6-8-21/h4-12,17-18,20,30H,3,13-16,19H2,1-2H3,(H,29,33)/t20-/m1/s1. The fraction of sp³-hybridized carbons (Fsp3) is 0.321. The Morgan fingerprint density at radius 3 is 2.42 bits per heavy atom. The first-order valence-corrected chi connectivity index (χ1v) is 14.2. The highest BCUT2D eigenvalue weighted by atomic mass is 32.2. The number of carbonyl (C=O) groups is 1. The van der Waals surface area contributed by atoms with Crippen LogP contribution in [0.5, 0.6) is 11.5 Å². The fourth-order valence-electron chi connectivity index (χ4n) is 4.72. The van der Waals surface area contributed by atoms with E-state index in [1.165, 1.54) is 6.07 Å². The van der Waals surface area contributed by atoms with E-state index >= 15 is 0 Å². The average molecular weight is 537 g/mol. The highest BCUT2D eigenvalue weighted by Crippen LogP contribution is 2.34. The lowest BCUT2D eigenvalue weighted by molar-refractivity contribution is 0.102. The molecule has 2 heterocycles. The Hall–Kier alpha value is -3.60. The largest absolute Gasteiger partial charge is 0.454 e. The molecule has 0 saturated carbocycles. The van der Waals surface area contributed by atoms with Gasteiger partial charge in [0.15, 0.2) is 11.5 Å². The van der Waals surface area contributed by atoms with Crippen LogP contribution in [0.1, 0.15) is 35.8 Å². The normalized spacial score (nSPS) is 16.3. The number of amides is 1. The van der Waals surface area contributed by atoms with Crippen LogP contribution in [0.4, 0.5) is 11.4 Å². The number of likely N-dealkylation sites (N-methyl/N-ethyl adjacent to an activating group) is 1. The molecule has 5 rings (SSSR count). The van der Waals surface area contributed by atoms with E-state index in [1.807, 2.05) is 37.3 Å². The third kappa shape index (κ3) is 5.62. The lowest BCUT2D eigenvalue weighted by atomic mass is 10.1. The van der Waals surface area contributed by atoms with Gasteiger partial charge in [0.05, 0.1) is 5.69 Å². The quantitative estimate of drug-likeness (QED) is 0.451. The van der Waals surface area contributed by atoms with Crippen molar-refractivity contribution in [3.63, 3.8) is 0 Å².